The molecule has 0 aliphatic carbocycles. The molecule has 2 heterocycles. The Labute approximate surface area is 122 Å². The average molecular weight is 296 g/mol. The molecule has 0 aromatic carbocycles. The quantitative estimate of drug-likeness (QED) is 0.820. The van der Waals surface area contributed by atoms with E-state index < -0.39 is 0 Å². The van der Waals surface area contributed by atoms with E-state index in [-0.39, 0.29) is 0 Å². The Morgan fingerprint density at radius 3 is 2.68 bits per heavy atom. The number of thiazole rings is 1. The standard InChI is InChI=1S/C13H20N4S2/c1-4-7-8-17-12(15-16-13(17)18)11-9(5-2)14-10(6-3)19-11/h4-8H2,1-3H3,(H,16,18). The second kappa shape index (κ2) is 6.43. The summed E-state index contributed by atoms with van der Waals surface area (Å²) < 4.78 is 2.81. The van der Waals surface area contributed by atoms with Crippen molar-refractivity contribution in [2.24, 2.45) is 0 Å². The summed E-state index contributed by atoms with van der Waals surface area (Å²) >= 11 is 7.07. The van der Waals surface area contributed by atoms with E-state index in [1.807, 2.05) is 0 Å². The van der Waals surface area contributed by atoms with Crippen molar-refractivity contribution >= 4 is 23.6 Å². The van der Waals surface area contributed by atoms with E-state index in [4.69, 9.17) is 12.2 Å². The van der Waals surface area contributed by atoms with Gasteiger partial charge in [0.1, 0.15) is 0 Å². The number of rotatable bonds is 6. The molecular weight excluding hydrogens is 276 g/mol. The van der Waals surface area contributed by atoms with Crippen LogP contribution in [0, 0.1) is 4.77 Å². The minimum absolute atomic E-state index is 0.706. The third-order valence-corrected chi connectivity index (χ3v) is 4.63. The van der Waals surface area contributed by atoms with Crippen LogP contribution < -0.4 is 0 Å². The second-order valence-corrected chi connectivity index (χ2v) is 5.92. The van der Waals surface area contributed by atoms with Gasteiger partial charge in [-0.05, 0) is 31.5 Å². The van der Waals surface area contributed by atoms with Crippen molar-refractivity contribution in [1.82, 2.24) is 19.7 Å². The van der Waals surface area contributed by atoms with Crippen LogP contribution in [0.15, 0.2) is 0 Å². The maximum atomic E-state index is 5.33. The number of H-pyrrole nitrogens is 1. The summed E-state index contributed by atoms with van der Waals surface area (Å²) in [6.45, 7) is 7.37. The van der Waals surface area contributed by atoms with E-state index >= 15 is 0 Å². The fourth-order valence-electron chi connectivity index (χ4n) is 1.98. The molecule has 0 unspecified atom stereocenters. The summed E-state index contributed by atoms with van der Waals surface area (Å²) in [5.74, 6) is 0.951. The molecule has 19 heavy (non-hydrogen) atoms. The van der Waals surface area contributed by atoms with Crippen molar-refractivity contribution in [3.8, 4) is 10.7 Å². The van der Waals surface area contributed by atoms with Gasteiger partial charge in [0.05, 0.1) is 15.6 Å². The van der Waals surface area contributed by atoms with Crippen LogP contribution >= 0.6 is 23.6 Å². The highest BCUT2D eigenvalue weighted by atomic mass is 32.1. The molecule has 0 bridgehead atoms. The molecule has 2 aromatic heterocycles. The van der Waals surface area contributed by atoms with Crippen LogP contribution in [-0.4, -0.2) is 19.7 Å². The summed E-state index contributed by atoms with van der Waals surface area (Å²) in [7, 11) is 0. The van der Waals surface area contributed by atoms with Gasteiger partial charge in [-0.2, -0.15) is 5.10 Å². The Hall–Kier alpha value is -1.01. The number of nitrogens with zero attached hydrogens (tertiary/aromatic N) is 3. The number of unbranched alkanes of at least 4 members (excludes halogenated alkanes) is 1. The molecule has 0 saturated heterocycles. The minimum atomic E-state index is 0.706. The Morgan fingerprint density at radius 1 is 1.26 bits per heavy atom. The highest BCUT2D eigenvalue weighted by Gasteiger charge is 2.16. The highest BCUT2D eigenvalue weighted by Crippen LogP contribution is 2.30. The Morgan fingerprint density at radius 2 is 2.05 bits per heavy atom. The van der Waals surface area contributed by atoms with Gasteiger partial charge in [-0.25, -0.2) is 4.98 Å². The summed E-state index contributed by atoms with van der Waals surface area (Å²) in [6.07, 6.45) is 4.16. The first kappa shape index (κ1) is 14.4. The van der Waals surface area contributed by atoms with Crippen LogP contribution in [0.4, 0.5) is 0 Å². The Bertz CT molecular complexity index is 594. The number of aromatic nitrogens is 4. The molecule has 4 nitrogen and oxygen atoms in total. The van der Waals surface area contributed by atoms with Gasteiger partial charge in [0, 0.05) is 6.54 Å². The SMILES string of the molecule is CCCCn1c(-c2sc(CC)nc2CC)n[nH]c1=S. The Kier molecular flexibility index (Phi) is 4.87. The predicted octanol–water partition coefficient (Wildman–Crippen LogP) is 3.99. The number of aryl methyl sites for hydroxylation is 2. The van der Waals surface area contributed by atoms with Crippen LogP contribution in [0.25, 0.3) is 10.7 Å². The van der Waals surface area contributed by atoms with E-state index in [0.29, 0.717) is 4.77 Å². The summed E-state index contributed by atoms with van der Waals surface area (Å²) in [6, 6.07) is 0. The van der Waals surface area contributed by atoms with Crippen LogP contribution in [0.3, 0.4) is 0 Å². The van der Waals surface area contributed by atoms with Crippen molar-refractivity contribution in [1.29, 1.82) is 0 Å². The molecule has 0 amide bonds. The zero-order valence-electron chi connectivity index (χ0n) is 11.7. The lowest BCUT2D eigenvalue weighted by Gasteiger charge is -2.05. The number of hydrogen-bond acceptors (Lipinski definition) is 4. The van der Waals surface area contributed by atoms with Crippen molar-refractivity contribution in [2.45, 2.75) is 53.0 Å². The van der Waals surface area contributed by atoms with Gasteiger partial charge in [-0.15, -0.1) is 11.3 Å². The third kappa shape index (κ3) is 2.95. The van der Waals surface area contributed by atoms with Gasteiger partial charge in [0.15, 0.2) is 10.6 Å². The first-order valence-corrected chi connectivity index (χ1v) is 8.07. The number of nitrogens with one attached hydrogen (secondary N) is 1. The van der Waals surface area contributed by atoms with Gasteiger partial charge >= 0.3 is 0 Å². The summed E-state index contributed by atoms with van der Waals surface area (Å²) in [4.78, 5) is 5.84. The molecule has 0 atom stereocenters. The molecule has 0 aliphatic heterocycles. The van der Waals surface area contributed by atoms with E-state index in [1.54, 1.807) is 11.3 Å². The monoisotopic (exact) mass is 296 g/mol. The first-order valence-electron chi connectivity index (χ1n) is 6.85. The van der Waals surface area contributed by atoms with Crippen molar-refractivity contribution < 1.29 is 0 Å². The van der Waals surface area contributed by atoms with Gasteiger partial charge < -0.3 is 0 Å². The highest BCUT2D eigenvalue weighted by molar-refractivity contribution is 7.71. The largest absolute Gasteiger partial charge is 0.299 e. The topological polar surface area (TPSA) is 46.5 Å². The van der Waals surface area contributed by atoms with Gasteiger partial charge in [0.25, 0.3) is 0 Å². The molecule has 0 radical (unpaired) electrons. The lowest BCUT2D eigenvalue weighted by atomic mass is 10.2. The third-order valence-electron chi connectivity index (χ3n) is 3.08. The normalized spacial score (nSPS) is 11.1. The lowest BCUT2D eigenvalue weighted by Crippen LogP contribution is -2.01. The molecule has 0 saturated carbocycles. The summed E-state index contributed by atoms with van der Waals surface area (Å²) in [5.41, 5.74) is 1.13. The van der Waals surface area contributed by atoms with E-state index in [1.165, 1.54) is 9.88 Å². The van der Waals surface area contributed by atoms with Gasteiger partial charge in [-0.3, -0.25) is 9.67 Å². The van der Waals surface area contributed by atoms with E-state index in [2.05, 4.69) is 40.5 Å². The molecule has 2 rings (SSSR count). The number of hydrogen-bond donors (Lipinski definition) is 1. The van der Waals surface area contributed by atoms with E-state index in [0.717, 1.165) is 43.7 Å². The van der Waals surface area contributed by atoms with Crippen molar-refractivity contribution in [2.75, 3.05) is 0 Å². The molecule has 1 N–H and O–H groups in total. The average Bonchev–Trinajstić information content (AvgIpc) is 2.99. The number of aromatic amines is 1. The molecule has 2 aromatic rings. The fourth-order valence-corrected chi connectivity index (χ4v) is 3.30. The minimum Gasteiger partial charge on any atom is -0.299 e. The summed E-state index contributed by atoms with van der Waals surface area (Å²) in [5, 5.41) is 8.50. The van der Waals surface area contributed by atoms with Crippen molar-refractivity contribution in [3.05, 3.63) is 15.5 Å². The van der Waals surface area contributed by atoms with Crippen LogP contribution in [-0.2, 0) is 19.4 Å². The second-order valence-electron chi connectivity index (χ2n) is 4.45. The predicted molar refractivity (Wildman–Crippen MR) is 82.2 cm³/mol. The van der Waals surface area contributed by atoms with Crippen LogP contribution in [0.2, 0.25) is 0 Å². The Balaban J connectivity index is 2.46. The van der Waals surface area contributed by atoms with Gasteiger partial charge in [0.2, 0.25) is 0 Å². The van der Waals surface area contributed by atoms with Crippen molar-refractivity contribution in [3.63, 3.8) is 0 Å². The van der Waals surface area contributed by atoms with Crippen LogP contribution in [0.1, 0.15) is 44.3 Å². The first-order chi connectivity index (χ1) is 9.21. The zero-order chi connectivity index (χ0) is 13.8. The molecule has 0 spiro atoms. The zero-order valence-corrected chi connectivity index (χ0v) is 13.3. The maximum Gasteiger partial charge on any atom is 0.195 e. The smallest absolute Gasteiger partial charge is 0.195 e. The fraction of sp³-hybridized carbons (Fsp3) is 0.615. The molecule has 0 fully saturated rings. The van der Waals surface area contributed by atoms with Gasteiger partial charge in [-0.1, -0.05) is 27.2 Å². The lowest BCUT2D eigenvalue weighted by molar-refractivity contribution is 0.629. The maximum absolute atomic E-state index is 5.33. The molecule has 104 valence electrons. The van der Waals surface area contributed by atoms with Crippen LogP contribution in [0.5, 0.6) is 0 Å². The molecule has 6 heteroatoms. The molecule has 0 aliphatic rings. The van der Waals surface area contributed by atoms with E-state index in [9.17, 15) is 0 Å². The molecular formula is C13H20N4S2.